The molecule has 0 amide bonds. The van der Waals surface area contributed by atoms with Crippen LogP contribution in [0.25, 0.3) is 0 Å². The van der Waals surface area contributed by atoms with Crippen LogP contribution in [-0.2, 0) is 10.0 Å². The summed E-state index contributed by atoms with van der Waals surface area (Å²) in [4.78, 5) is 10.7. The lowest BCUT2D eigenvalue weighted by molar-refractivity contribution is -0.384. The number of furan rings is 1. The Bertz CT molecular complexity index is 991. The Hall–Kier alpha value is -2.72. The molecule has 0 spiro atoms. The van der Waals surface area contributed by atoms with Gasteiger partial charge >= 0.3 is 0 Å². The van der Waals surface area contributed by atoms with Crippen LogP contribution >= 0.6 is 0 Å². The van der Waals surface area contributed by atoms with Crippen molar-refractivity contribution in [3.8, 4) is 0 Å². The number of nitro groups is 1. The normalized spacial score (nSPS) is 15.9. The van der Waals surface area contributed by atoms with Crippen LogP contribution in [0.1, 0.15) is 31.3 Å². The minimum absolute atomic E-state index is 0.0935. The molecule has 1 fully saturated rings. The molecule has 0 unspecified atom stereocenters. The molecule has 0 atom stereocenters. The van der Waals surface area contributed by atoms with Gasteiger partial charge in [0.05, 0.1) is 9.82 Å². The Morgan fingerprint density at radius 3 is 2.56 bits per heavy atom. The van der Waals surface area contributed by atoms with E-state index in [1.807, 2.05) is 0 Å². The number of anilines is 1. The molecule has 1 aromatic carbocycles. The minimum Gasteiger partial charge on any atom is -0.460 e. The summed E-state index contributed by atoms with van der Waals surface area (Å²) in [5.74, 6) is 1.26. The number of nitrogens with zero attached hydrogens (tertiary/aromatic N) is 3. The number of nitro benzene ring substituents is 1. The summed E-state index contributed by atoms with van der Waals surface area (Å²) in [5, 5.41) is 15.5. The van der Waals surface area contributed by atoms with Gasteiger partial charge in [-0.25, -0.2) is 8.42 Å². The Morgan fingerprint density at radius 2 is 1.96 bits per heavy atom. The number of hydrogen-bond donors (Lipinski definition) is 1. The van der Waals surface area contributed by atoms with Crippen LogP contribution in [0.3, 0.4) is 0 Å². The van der Waals surface area contributed by atoms with E-state index >= 15 is 0 Å². The quantitative estimate of drug-likeness (QED) is 0.458. The number of benzene rings is 1. The van der Waals surface area contributed by atoms with E-state index in [9.17, 15) is 18.5 Å². The first kappa shape index (κ1) is 19.1. The number of rotatable bonds is 6. The van der Waals surface area contributed by atoms with Crippen LogP contribution in [0, 0.1) is 17.0 Å². The van der Waals surface area contributed by atoms with Gasteiger partial charge in [0.1, 0.15) is 22.9 Å². The number of hydrogen-bond acceptors (Lipinski definition) is 7. The van der Waals surface area contributed by atoms with Gasteiger partial charge in [0, 0.05) is 19.2 Å². The number of aryl methyl sites for hydroxylation is 1. The van der Waals surface area contributed by atoms with Crippen molar-refractivity contribution in [2.75, 3.05) is 18.5 Å². The van der Waals surface area contributed by atoms with Gasteiger partial charge in [0.2, 0.25) is 10.0 Å². The molecule has 0 radical (unpaired) electrons. The first-order valence-electron chi connectivity index (χ1n) is 8.45. The first-order valence-corrected chi connectivity index (χ1v) is 9.89. The van der Waals surface area contributed by atoms with E-state index in [2.05, 4.69) is 10.5 Å². The maximum Gasteiger partial charge on any atom is 0.295 e. The van der Waals surface area contributed by atoms with E-state index in [1.54, 1.807) is 26.0 Å². The third-order valence-electron chi connectivity index (χ3n) is 4.31. The Balaban J connectivity index is 1.89. The summed E-state index contributed by atoms with van der Waals surface area (Å²) >= 11 is 0. The molecule has 1 aromatic heterocycles. The lowest BCUT2D eigenvalue weighted by Gasteiger charge is -2.15. The van der Waals surface area contributed by atoms with Crippen molar-refractivity contribution in [2.24, 2.45) is 5.10 Å². The van der Waals surface area contributed by atoms with Crippen molar-refractivity contribution in [1.82, 2.24) is 4.31 Å². The number of sulfonamides is 1. The monoisotopic (exact) mass is 392 g/mol. The van der Waals surface area contributed by atoms with Gasteiger partial charge in [-0.1, -0.05) is 0 Å². The highest BCUT2D eigenvalue weighted by Gasteiger charge is 2.29. The summed E-state index contributed by atoms with van der Waals surface area (Å²) < 4.78 is 32.0. The predicted octanol–water partition coefficient (Wildman–Crippen LogP) is 3.12. The van der Waals surface area contributed by atoms with Crippen LogP contribution in [0.2, 0.25) is 0 Å². The van der Waals surface area contributed by atoms with Crippen LogP contribution in [0.5, 0.6) is 0 Å². The Morgan fingerprint density at radius 1 is 1.26 bits per heavy atom. The lowest BCUT2D eigenvalue weighted by Crippen LogP contribution is -2.27. The lowest BCUT2D eigenvalue weighted by atomic mass is 10.3. The van der Waals surface area contributed by atoms with Crippen molar-refractivity contribution in [3.05, 3.63) is 52.0 Å². The second kappa shape index (κ2) is 7.49. The Labute approximate surface area is 156 Å². The van der Waals surface area contributed by atoms with Gasteiger partial charge in [0.25, 0.3) is 5.69 Å². The van der Waals surface area contributed by atoms with Crippen LogP contribution < -0.4 is 5.43 Å². The second-order valence-corrected chi connectivity index (χ2v) is 8.20. The zero-order valence-electron chi connectivity index (χ0n) is 15.0. The molecule has 1 saturated heterocycles. The van der Waals surface area contributed by atoms with Crippen LogP contribution in [0.4, 0.5) is 11.4 Å². The van der Waals surface area contributed by atoms with Gasteiger partial charge < -0.3 is 4.42 Å². The molecular weight excluding hydrogens is 372 g/mol. The summed E-state index contributed by atoms with van der Waals surface area (Å²) in [7, 11) is -3.73. The molecule has 1 aliphatic rings. The van der Waals surface area contributed by atoms with Gasteiger partial charge in [-0.15, -0.1) is 0 Å². The average molecular weight is 392 g/mol. The van der Waals surface area contributed by atoms with Crippen molar-refractivity contribution in [1.29, 1.82) is 0 Å². The van der Waals surface area contributed by atoms with Crippen molar-refractivity contribution in [2.45, 2.75) is 31.6 Å². The fourth-order valence-electron chi connectivity index (χ4n) is 2.82. The molecule has 9 nitrogen and oxygen atoms in total. The highest BCUT2D eigenvalue weighted by atomic mass is 32.2. The predicted molar refractivity (Wildman–Crippen MR) is 100 cm³/mol. The molecule has 27 heavy (non-hydrogen) atoms. The largest absolute Gasteiger partial charge is 0.460 e. The molecule has 0 saturated carbocycles. The van der Waals surface area contributed by atoms with E-state index in [-0.39, 0.29) is 16.3 Å². The zero-order valence-corrected chi connectivity index (χ0v) is 15.8. The molecule has 2 heterocycles. The molecule has 1 N–H and O–H groups in total. The highest BCUT2D eigenvalue weighted by Crippen LogP contribution is 2.30. The summed E-state index contributed by atoms with van der Waals surface area (Å²) in [6.45, 7) is 4.36. The first-order chi connectivity index (χ1) is 12.8. The maximum absolute atomic E-state index is 12.6. The van der Waals surface area contributed by atoms with E-state index in [0.29, 0.717) is 24.6 Å². The summed E-state index contributed by atoms with van der Waals surface area (Å²) in [6, 6.07) is 7.30. The minimum atomic E-state index is -3.73. The molecular formula is C17H20N4O5S. The van der Waals surface area contributed by atoms with Crippen molar-refractivity contribution in [3.63, 3.8) is 0 Å². The fourth-order valence-corrected chi connectivity index (χ4v) is 4.36. The Kier molecular flexibility index (Phi) is 5.29. The van der Waals surface area contributed by atoms with Crippen molar-refractivity contribution >= 4 is 27.1 Å². The van der Waals surface area contributed by atoms with E-state index in [4.69, 9.17) is 4.42 Å². The van der Waals surface area contributed by atoms with Crippen LogP contribution in [0.15, 0.2) is 44.7 Å². The van der Waals surface area contributed by atoms with Gasteiger partial charge in [0.15, 0.2) is 0 Å². The molecule has 0 bridgehead atoms. The van der Waals surface area contributed by atoms with E-state index in [0.717, 1.165) is 24.7 Å². The third kappa shape index (κ3) is 4.01. The van der Waals surface area contributed by atoms with Crippen LogP contribution in [-0.4, -0.2) is 36.4 Å². The highest BCUT2D eigenvalue weighted by molar-refractivity contribution is 7.89. The molecule has 3 rings (SSSR count). The molecule has 144 valence electrons. The summed E-state index contributed by atoms with van der Waals surface area (Å²) in [5.41, 5.74) is 2.88. The molecule has 10 heteroatoms. The number of hydrazone groups is 1. The smallest absolute Gasteiger partial charge is 0.295 e. The second-order valence-electron chi connectivity index (χ2n) is 6.27. The molecule has 1 aliphatic heterocycles. The molecule has 0 aliphatic carbocycles. The average Bonchev–Trinajstić information content (AvgIpc) is 3.31. The van der Waals surface area contributed by atoms with E-state index in [1.165, 1.54) is 16.4 Å². The topological polar surface area (TPSA) is 118 Å². The van der Waals surface area contributed by atoms with E-state index < -0.39 is 14.9 Å². The van der Waals surface area contributed by atoms with Crippen molar-refractivity contribution < 1.29 is 17.8 Å². The third-order valence-corrected chi connectivity index (χ3v) is 6.20. The van der Waals surface area contributed by atoms with Gasteiger partial charge in [-0.3, -0.25) is 15.5 Å². The SMILES string of the molecule is C/C(=N/Nc1ccc(S(=O)(=O)N2CCCC2)cc1[N+](=O)[O-])c1ccc(C)o1. The summed E-state index contributed by atoms with van der Waals surface area (Å²) in [6.07, 6.45) is 1.59. The number of nitrogens with one attached hydrogen (secondary N) is 1. The maximum atomic E-state index is 12.6. The zero-order chi connectivity index (χ0) is 19.6. The van der Waals surface area contributed by atoms with Gasteiger partial charge in [-0.2, -0.15) is 9.41 Å². The fraction of sp³-hybridized carbons (Fsp3) is 0.353. The van der Waals surface area contributed by atoms with Gasteiger partial charge in [-0.05, 0) is 51.0 Å². The standard InChI is InChI=1S/C17H20N4O5S/c1-12-5-8-17(26-12)13(2)18-19-15-7-6-14(11-16(15)21(22)23)27(24,25)20-9-3-4-10-20/h5-8,11,19H,3-4,9-10H2,1-2H3/b18-13-. The molecule has 2 aromatic rings.